The SMILES string of the molecule is COc1ccc(/C=C/C(=O)N[C@@H](C)c2ccc(C)c(C)c2)c(OC)c1OC. The van der Waals surface area contributed by atoms with E-state index in [-0.39, 0.29) is 11.9 Å². The van der Waals surface area contributed by atoms with Crippen LogP contribution >= 0.6 is 0 Å². The molecule has 5 heteroatoms. The summed E-state index contributed by atoms with van der Waals surface area (Å²) in [6, 6.07) is 9.70. The summed E-state index contributed by atoms with van der Waals surface area (Å²) in [7, 11) is 4.66. The molecule has 144 valence electrons. The number of nitrogens with one attached hydrogen (secondary N) is 1. The van der Waals surface area contributed by atoms with Crippen LogP contribution < -0.4 is 19.5 Å². The number of carbonyl (C=O) groups is 1. The van der Waals surface area contributed by atoms with Crippen molar-refractivity contribution in [2.24, 2.45) is 0 Å². The highest BCUT2D eigenvalue weighted by Crippen LogP contribution is 2.40. The van der Waals surface area contributed by atoms with Crippen LogP contribution in [0.5, 0.6) is 17.2 Å². The molecule has 2 aromatic rings. The number of amides is 1. The molecule has 27 heavy (non-hydrogen) atoms. The normalized spacial score (nSPS) is 11.9. The lowest BCUT2D eigenvalue weighted by Gasteiger charge is -2.15. The van der Waals surface area contributed by atoms with E-state index in [0.29, 0.717) is 17.2 Å². The second kappa shape index (κ2) is 9.12. The zero-order valence-corrected chi connectivity index (χ0v) is 16.8. The Morgan fingerprint density at radius 2 is 1.67 bits per heavy atom. The Kier molecular flexibility index (Phi) is 6.88. The molecular weight excluding hydrogens is 342 g/mol. The van der Waals surface area contributed by atoms with E-state index in [9.17, 15) is 4.79 Å². The topological polar surface area (TPSA) is 56.8 Å². The van der Waals surface area contributed by atoms with Crippen LogP contribution in [0.15, 0.2) is 36.4 Å². The number of hydrogen-bond acceptors (Lipinski definition) is 4. The van der Waals surface area contributed by atoms with Crippen molar-refractivity contribution in [3.05, 3.63) is 58.7 Å². The number of aryl methyl sites for hydroxylation is 2. The van der Waals surface area contributed by atoms with E-state index in [1.54, 1.807) is 33.5 Å². The maximum atomic E-state index is 12.3. The van der Waals surface area contributed by atoms with Crippen LogP contribution in [0.1, 0.15) is 35.2 Å². The minimum atomic E-state index is -0.183. The van der Waals surface area contributed by atoms with Crippen molar-refractivity contribution in [2.75, 3.05) is 21.3 Å². The molecule has 1 amide bonds. The first-order valence-electron chi connectivity index (χ1n) is 8.76. The van der Waals surface area contributed by atoms with Gasteiger partial charge >= 0.3 is 0 Å². The molecule has 0 aliphatic carbocycles. The average Bonchev–Trinajstić information content (AvgIpc) is 2.67. The van der Waals surface area contributed by atoms with Crippen molar-refractivity contribution in [3.8, 4) is 17.2 Å². The lowest BCUT2D eigenvalue weighted by molar-refractivity contribution is -0.117. The van der Waals surface area contributed by atoms with E-state index < -0.39 is 0 Å². The standard InChI is InChI=1S/C22H27NO4/c1-14-7-8-18(13-15(14)2)16(3)23-20(24)12-10-17-9-11-19(25-4)22(27-6)21(17)26-5/h7-13,16H,1-6H3,(H,23,24)/b12-10+/t16-/m0/s1. The van der Waals surface area contributed by atoms with Gasteiger partial charge in [-0.2, -0.15) is 0 Å². The molecule has 0 fully saturated rings. The van der Waals surface area contributed by atoms with Gasteiger partial charge in [-0.3, -0.25) is 4.79 Å². The summed E-state index contributed by atoms with van der Waals surface area (Å²) < 4.78 is 16.1. The van der Waals surface area contributed by atoms with Crippen LogP contribution in [0.2, 0.25) is 0 Å². The molecular formula is C22H27NO4. The van der Waals surface area contributed by atoms with Crippen LogP contribution in [0.25, 0.3) is 6.08 Å². The number of hydrogen-bond donors (Lipinski definition) is 1. The van der Waals surface area contributed by atoms with Crippen molar-refractivity contribution in [3.63, 3.8) is 0 Å². The highest BCUT2D eigenvalue weighted by Gasteiger charge is 2.14. The minimum Gasteiger partial charge on any atom is -0.493 e. The van der Waals surface area contributed by atoms with Crippen molar-refractivity contribution in [1.29, 1.82) is 0 Å². The van der Waals surface area contributed by atoms with Crippen LogP contribution in [0.4, 0.5) is 0 Å². The third-order valence-electron chi connectivity index (χ3n) is 4.54. The number of methoxy groups -OCH3 is 3. The van der Waals surface area contributed by atoms with Gasteiger partial charge in [0, 0.05) is 11.6 Å². The maximum Gasteiger partial charge on any atom is 0.244 e. The van der Waals surface area contributed by atoms with Gasteiger partial charge in [-0.1, -0.05) is 18.2 Å². The number of rotatable bonds is 7. The summed E-state index contributed by atoms with van der Waals surface area (Å²) in [6.45, 7) is 6.10. The van der Waals surface area contributed by atoms with E-state index in [4.69, 9.17) is 14.2 Å². The summed E-state index contributed by atoms with van der Waals surface area (Å²) in [5.41, 5.74) is 4.24. The summed E-state index contributed by atoms with van der Waals surface area (Å²) in [5, 5.41) is 2.98. The molecule has 0 heterocycles. The first-order valence-corrected chi connectivity index (χ1v) is 8.76. The number of ether oxygens (including phenoxy) is 3. The summed E-state index contributed by atoms with van der Waals surface area (Å²) >= 11 is 0. The first kappa shape index (κ1) is 20.4. The highest BCUT2D eigenvalue weighted by molar-refractivity contribution is 5.92. The van der Waals surface area contributed by atoms with Crippen LogP contribution in [-0.2, 0) is 4.79 Å². The molecule has 0 aliphatic rings. The predicted octanol–water partition coefficient (Wildman–Crippen LogP) is 4.22. The fourth-order valence-corrected chi connectivity index (χ4v) is 2.80. The van der Waals surface area contributed by atoms with Crippen molar-refractivity contribution in [2.45, 2.75) is 26.8 Å². The van der Waals surface area contributed by atoms with Gasteiger partial charge in [0.1, 0.15) is 0 Å². The zero-order valence-electron chi connectivity index (χ0n) is 16.8. The first-order chi connectivity index (χ1) is 12.9. The number of carbonyl (C=O) groups excluding carboxylic acids is 1. The fourth-order valence-electron chi connectivity index (χ4n) is 2.80. The Balaban J connectivity index is 2.15. The molecule has 0 saturated heterocycles. The average molecular weight is 369 g/mol. The van der Waals surface area contributed by atoms with Gasteiger partial charge in [0.2, 0.25) is 11.7 Å². The van der Waals surface area contributed by atoms with Crippen LogP contribution in [-0.4, -0.2) is 27.2 Å². The summed E-state index contributed by atoms with van der Waals surface area (Å²) in [4.78, 5) is 12.3. The third kappa shape index (κ3) is 4.82. The Labute approximate surface area is 161 Å². The Morgan fingerprint density at radius 3 is 2.26 bits per heavy atom. The van der Waals surface area contributed by atoms with Gasteiger partial charge in [-0.05, 0) is 55.7 Å². The maximum absolute atomic E-state index is 12.3. The summed E-state index contributed by atoms with van der Waals surface area (Å²) in [5.74, 6) is 1.39. The minimum absolute atomic E-state index is 0.0891. The quantitative estimate of drug-likeness (QED) is 0.743. The van der Waals surface area contributed by atoms with Crippen molar-refractivity contribution in [1.82, 2.24) is 5.32 Å². The molecule has 1 N–H and O–H groups in total. The molecule has 1 atom stereocenters. The van der Waals surface area contributed by atoms with E-state index in [0.717, 1.165) is 11.1 Å². The molecule has 0 spiro atoms. The van der Waals surface area contributed by atoms with E-state index >= 15 is 0 Å². The van der Waals surface area contributed by atoms with Gasteiger partial charge in [0.05, 0.1) is 27.4 Å². The molecule has 0 bridgehead atoms. The smallest absolute Gasteiger partial charge is 0.244 e. The Bertz CT molecular complexity index is 842. The Hall–Kier alpha value is -2.95. The third-order valence-corrected chi connectivity index (χ3v) is 4.54. The van der Waals surface area contributed by atoms with Crippen molar-refractivity contribution >= 4 is 12.0 Å². The zero-order chi connectivity index (χ0) is 20.0. The van der Waals surface area contributed by atoms with Gasteiger partial charge in [-0.15, -0.1) is 0 Å². The lowest BCUT2D eigenvalue weighted by Crippen LogP contribution is -2.24. The molecule has 0 saturated carbocycles. The fraction of sp³-hybridized carbons (Fsp3) is 0.318. The van der Waals surface area contributed by atoms with Crippen LogP contribution in [0.3, 0.4) is 0 Å². The monoisotopic (exact) mass is 369 g/mol. The Morgan fingerprint density at radius 1 is 0.963 bits per heavy atom. The molecule has 2 aromatic carbocycles. The molecule has 0 radical (unpaired) electrons. The van der Waals surface area contributed by atoms with Crippen LogP contribution in [0, 0.1) is 13.8 Å². The lowest BCUT2D eigenvalue weighted by atomic mass is 10.0. The van der Waals surface area contributed by atoms with Gasteiger partial charge in [0.25, 0.3) is 0 Å². The van der Waals surface area contributed by atoms with Gasteiger partial charge in [0.15, 0.2) is 11.5 Å². The molecule has 5 nitrogen and oxygen atoms in total. The van der Waals surface area contributed by atoms with E-state index in [1.165, 1.54) is 17.2 Å². The molecule has 2 rings (SSSR count). The van der Waals surface area contributed by atoms with E-state index in [2.05, 4.69) is 31.3 Å². The van der Waals surface area contributed by atoms with Gasteiger partial charge < -0.3 is 19.5 Å². The largest absolute Gasteiger partial charge is 0.493 e. The predicted molar refractivity (Wildman–Crippen MR) is 108 cm³/mol. The summed E-state index contributed by atoms with van der Waals surface area (Å²) in [6.07, 6.45) is 3.19. The second-order valence-corrected chi connectivity index (χ2v) is 6.33. The molecule has 0 unspecified atom stereocenters. The number of benzene rings is 2. The highest BCUT2D eigenvalue weighted by atomic mass is 16.5. The van der Waals surface area contributed by atoms with E-state index in [1.807, 2.05) is 19.1 Å². The van der Waals surface area contributed by atoms with Gasteiger partial charge in [-0.25, -0.2) is 0 Å². The second-order valence-electron chi connectivity index (χ2n) is 6.33. The van der Waals surface area contributed by atoms with Crippen molar-refractivity contribution < 1.29 is 19.0 Å². The molecule has 0 aromatic heterocycles. The molecule has 0 aliphatic heterocycles.